The van der Waals surface area contributed by atoms with Gasteiger partial charge in [-0.1, -0.05) is 6.07 Å². The summed E-state index contributed by atoms with van der Waals surface area (Å²) in [6.07, 6.45) is 6.34. The third-order valence-corrected chi connectivity index (χ3v) is 6.63. The number of amides is 3. The molecule has 2 aliphatic rings. The van der Waals surface area contributed by atoms with Gasteiger partial charge in [0.25, 0.3) is 0 Å². The molecular formula is C25H33N5O4. The average molecular weight is 468 g/mol. The number of carbonyl (C=O) groups excluding carboxylic acids is 3. The number of aryl methyl sites for hydroxylation is 2. The van der Waals surface area contributed by atoms with E-state index in [0.29, 0.717) is 31.2 Å². The van der Waals surface area contributed by atoms with E-state index in [1.54, 1.807) is 24.1 Å². The summed E-state index contributed by atoms with van der Waals surface area (Å²) in [5.74, 6) is 0.464. The molecule has 34 heavy (non-hydrogen) atoms. The molecule has 2 aliphatic heterocycles. The second-order valence-electron chi connectivity index (χ2n) is 9.24. The molecule has 3 heterocycles. The fourth-order valence-corrected chi connectivity index (χ4v) is 4.58. The van der Waals surface area contributed by atoms with Crippen LogP contribution >= 0.6 is 0 Å². The zero-order chi connectivity index (χ0) is 24.1. The molecule has 2 N–H and O–H groups in total. The number of ether oxygens (including phenoxy) is 1. The van der Waals surface area contributed by atoms with Gasteiger partial charge in [0, 0.05) is 51.3 Å². The fourth-order valence-electron chi connectivity index (χ4n) is 4.58. The molecule has 2 atom stereocenters. The van der Waals surface area contributed by atoms with Crippen molar-refractivity contribution >= 4 is 17.7 Å². The van der Waals surface area contributed by atoms with E-state index in [1.807, 2.05) is 30.0 Å². The van der Waals surface area contributed by atoms with Gasteiger partial charge < -0.3 is 20.3 Å². The highest BCUT2D eigenvalue weighted by Crippen LogP contribution is 2.23. The van der Waals surface area contributed by atoms with Crippen molar-refractivity contribution in [2.24, 2.45) is 13.0 Å². The summed E-state index contributed by atoms with van der Waals surface area (Å²) in [5, 5.41) is 9.87. The van der Waals surface area contributed by atoms with E-state index >= 15 is 0 Å². The number of fused-ring (bicyclic) bond motifs is 4. The quantitative estimate of drug-likeness (QED) is 0.668. The van der Waals surface area contributed by atoms with Crippen LogP contribution in [0.4, 0.5) is 0 Å². The zero-order valence-corrected chi connectivity index (χ0v) is 19.9. The number of hydrogen-bond acceptors (Lipinski definition) is 5. The van der Waals surface area contributed by atoms with Crippen molar-refractivity contribution < 1.29 is 19.1 Å². The normalized spacial score (nSPS) is 22.8. The van der Waals surface area contributed by atoms with Crippen molar-refractivity contribution in [2.75, 3.05) is 19.7 Å². The first-order valence-electron chi connectivity index (χ1n) is 11.9. The molecular weight excluding hydrogens is 434 g/mol. The van der Waals surface area contributed by atoms with Crippen LogP contribution in [0.5, 0.6) is 5.75 Å². The van der Waals surface area contributed by atoms with Crippen LogP contribution in [0.25, 0.3) is 0 Å². The molecule has 4 rings (SSSR count). The van der Waals surface area contributed by atoms with E-state index < -0.39 is 6.04 Å². The topological polar surface area (TPSA) is 106 Å². The molecule has 182 valence electrons. The van der Waals surface area contributed by atoms with Gasteiger partial charge in [0.1, 0.15) is 11.8 Å². The van der Waals surface area contributed by atoms with Crippen LogP contribution in [0.15, 0.2) is 30.6 Å². The predicted molar refractivity (Wildman–Crippen MR) is 126 cm³/mol. The molecule has 3 amide bonds. The van der Waals surface area contributed by atoms with Crippen LogP contribution in [-0.4, -0.2) is 52.1 Å². The second-order valence-corrected chi connectivity index (χ2v) is 9.24. The van der Waals surface area contributed by atoms with Gasteiger partial charge in [0.2, 0.25) is 17.7 Å². The molecule has 1 aromatic heterocycles. The first kappa shape index (κ1) is 23.8. The Morgan fingerprint density at radius 2 is 2.00 bits per heavy atom. The van der Waals surface area contributed by atoms with E-state index in [1.165, 1.54) is 0 Å². The Hall–Kier alpha value is -3.36. The largest absolute Gasteiger partial charge is 0.494 e. The molecule has 9 nitrogen and oxygen atoms in total. The minimum Gasteiger partial charge on any atom is -0.494 e. The molecule has 1 fully saturated rings. The molecule has 0 aliphatic carbocycles. The monoisotopic (exact) mass is 467 g/mol. The lowest BCUT2D eigenvalue weighted by Crippen LogP contribution is -2.42. The number of aromatic nitrogens is 2. The Bertz CT molecular complexity index is 1050. The summed E-state index contributed by atoms with van der Waals surface area (Å²) < 4.78 is 7.60. The van der Waals surface area contributed by atoms with E-state index in [-0.39, 0.29) is 30.6 Å². The SMILES string of the molecule is Cc1ccc2cc1CNC(=O)C(c1cnn(C)c1)NC(=O)CCC(=O)N1CCCC(CCO2)C1. The summed E-state index contributed by atoms with van der Waals surface area (Å²) in [6, 6.07) is 4.98. The molecule has 2 unspecified atom stereocenters. The van der Waals surface area contributed by atoms with Crippen LogP contribution < -0.4 is 15.4 Å². The van der Waals surface area contributed by atoms with Gasteiger partial charge in [-0.05, 0) is 55.4 Å². The molecule has 0 spiro atoms. The van der Waals surface area contributed by atoms with Crippen LogP contribution in [0.3, 0.4) is 0 Å². The smallest absolute Gasteiger partial charge is 0.247 e. The molecule has 9 heteroatoms. The van der Waals surface area contributed by atoms with Gasteiger partial charge in [-0.25, -0.2) is 0 Å². The highest BCUT2D eigenvalue weighted by molar-refractivity contribution is 5.90. The third-order valence-electron chi connectivity index (χ3n) is 6.63. The van der Waals surface area contributed by atoms with Crippen LogP contribution in [0, 0.1) is 12.8 Å². The zero-order valence-electron chi connectivity index (χ0n) is 19.9. The van der Waals surface area contributed by atoms with E-state index in [0.717, 1.165) is 42.7 Å². The number of nitrogens with one attached hydrogen (secondary N) is 2. The molecule has 1 aromatic carbocycles. The predicted octanol–water partition coefficient (Wildman–Crippen LogP) is 2.00. The Morgan fingerprint density at radius 1 is 1.15 bits per heavy atom. The van der Waals surface area contributed by atoms with E-state index in [4.69, 9.17) is 4.74 Å². The lowest BCUT2D eigenvalue weighted by Gasteiger charge is -2.33. The summed E-state index contributed by atoms with van der Waals surface area (Å²) >= 11 is 0. The molecule has 0 saturated carbocycles. The van der Waals surface area contributed by atoms with Crippen molar-refractivity contribution in [3.05, 3.63) is 47.3 Å². The van der Waals surface area contributed by atoms with Gasteiger partial charge in [0.15, 0.2) is 0 Å². The number of benzene rings is 1. The van der Waals surface area contributed by atoms with Crippen molar-refractivity contribution in [1.82, 2.24) is 25.3 Å². The Labute approximate surface area is 199 Å². The molecule has 0 radical (unpaired) electrons. The minimum atomic E-state index is -0.894. The number of piperidine rings is 1. The molecule has 4 bridgehead atoms. The number of hydrogen-bond donors (Lipinski definition) is 2. The van der Waals surface area contributed by atoms with E-state index in [2.05, 4.69) is 15.7 Å². The second kappa shape index (κ2) is 10.7. The van der Waals surface area contributed by atoms with Crippen LogP contribution in [0.2, 0.25) is 0 Å². The summed E-state index contributed by atoms with van der Waals surface area (Å²) in [4.78, 5) is 40.4. The van der Waals surface area contributed by atoms with Gasteiger partial charge in [0.05, 0.1) is 12.8 Å². The number of rotatable bonds is 1. The summed E-state index contributed by atoms with van der Waals surface area (Å²) in [6.45, 7) is 4.30. The molecule has 1 saturated heterocycles. The van der Waals surface area contributed by atoms with E-state index in [9.17, 15) is 14.4 Å². The highest BCUT2D eigenvalue weighted by Gasteiger charge is 2.27. The first-order chi connectivity index (χ1) is 16.4. The van der Waals surface area contributed by atoms with Gasteiger partial charge in [-0.3, -0.25) is 19.1 Å². The minimum absolute atomic E-state index is 0.0209. The summed E-state index contributed by atoms with van der Waals surface area (Å²) in [7, 11) is 1.75. The Balaban J connectivity index is 1.56. The van der Waals surface area contributed by atoms with Gasteiger partial charge in [-0.15, -0.1) is 0 Å². The van der Waals surface area contributed by atoms with Crippen molar-refractivity contribution in [3.63, 3.8) is 0 Å². The fraction of sp³-hybridized carbons (Fsp3) is 0.520. The van der Waals surface area contributed by atoms with Crippen molar-refractivity contribution in [2.45, 2.75) is 51.6 Å². The van der Waals surface area contributed by atoms with Crippen molar-refractivity contribution in [1.29, 1.82) is 0 Å². The summed E-state index contributed by atoms with van der Waals surface area (Å²) in [5.41, 5.74) is 2.59. The first-order valence-corrected chi connectivity index (χ1v) is 11.9. The lowest BCUT2D eigenvalue weighted by atomic mass is 9.95. The van der Waals surface area contributed by atoms with Gasteiger partial charge >= 0.3 is 0 Å². The Morgan fingerprint density at radius 3 is 2.79 bits per heavy atom. The molecule has 2 aromatic rings. The maximum atomic E-state index is 13.1. The number of carbonyl (C=O) groups is 3. The van der Waals surface area contributed by atoms with Gasteiger partial charge in [-0.2, -0.15) is 5.10 Å². The number of nitrogens with zero attached hydrogens (tertiary/aromatic N) is 3. The average Bonchev–Trinajstić information content (AvgIpc) is 3.26. The van der Waals surface area contributed by atoms with Crippen molar-refractivity contribution in [3.8, 4) is 5.75 Å². The highest BCUT2D eigenvalue weighted by atomic mass is 16.5. The maximum Gasteiger partial charge on any atom is 0.247 e. The standard InChI is InChI=1S/C25H33N5O4/c1-17-5-6-21-12-19(17)13-26-25(33)24(20-14-27-29(2)16-20)28-22(31)7-8-23(32)30-10-3-4-18(15-30)9-11-34-21/h5-6,12,14,16,18,24H,3-4,7-11,13,15H2,1-2H3,(H,26,33)(H,28,31). The lowest BCUT2D eigenvalue weighted by molar-refractivity contribution is -0.135. The third kappa shape index (κ3) is 5.95. The maximum absolute atomic E-state index is 13.1. The van der Waals surface area contributed by atoms with Crippen LogP contribution in [0.1, 0.15) is 54.8 Å². The van der Waals surface area contributed by atoms with Crippen LogP contribution in [-0.2, 0) is 28.0 Å². The Kier molecular flexibility index (Phi) is 7.49.